The molecule has 0 aliphatic heterocycles. The van der Waals surface area contributed by atoms with Crippen LogP contribution in [0.4, 0.5) is 11.4 Å². The van der Waals surface area contributed by atoms with E-state index in [9.17, 15) is 14.4 Å². The molecule has 0 aliphatic carbocycles. The lowest BCUT2D eigenvalue weighted by atomic mass is 10.1. The number of rotatable bonds is 6. The predicted octanol–water partition coefficient (Wildman–Crippen LogP) is 3.99. The number of hydrogen-bond acceptors (Lipinski definition) is 4. The van der Waals surface area contributed by atoms with E-state index in [4.69, 9.17) is 0 Å². The van der Waals surface area contributed by atoms with Gasteiger partial charge in [-0.3, -0.25) is 14.4 Å². The first-order valence-electron chi connectivity index (χ1n) is 9.02. The van der Waals surface area contributed by atoms with E-state index in [0.29, 0.717) is 21.8 Å². The van der Waals surface area contributed by atoms with Crippen LogP contribution in [0.15, 0.2) is 60.0 Å². The summed E-state index contributed by atoms with van der Waals surface area (Å²) in [6.45, 7) is 3.68. The number of carbonyl (C=O) groups is 3. The van der Waals surface area contributed by atoms with E-state index in [2.05, 4.69) is 16.0 Å². The smallest absolute Gasteiger partial charge is 0.265 e. The molecule has 0 radical (unpaired) electrons. The lowest BCUT2D eigenvalue weighted by Crippen LogP contribution is -2.32. The fourth-order valence-electron chi connectivity index (χ4n) is 2.85. The lowest BCUT2D eigenvalue weighted by molar-refractivity contribution is -0.115. The second-order valence-corrected chi connectivity index (χ2v) is 7.57. The molecule has 1 aromatic heterocycles. The molecule has 0 spiro atoms. The van der Waals surface area contributed by atoms with Crippen LogP contribution in [0.5, 0.6) is 0 Å². The summed E-state index contributed by atoms with van der Waals surface area (Å²) in [5, 5.41) is 9.96. The Bertz CT molecular complexity index is 1020. The molecule has 1 heterocycles. The van der Waals surface area contributed by atoms with E-state index in [-0.39, 0.29) is 24.3 Å². The fraction of sp³-hybridized carbons (Fsp3) is 0.136. The lowest BCUT2D eigenvalue weighted by Gasteiger charge is -2.10. The Hall–Kier alpha value is -3.45. The number of thiophene rings is 1. The number of anilines is 2. The van der Waals surface area contributed by atoms with E-state index in [1.54, 1.807) is 42.5 Å². The Morgan fingerprint density at radius 2 is 1.52 bits per heavy atom. The molecule has 29 heavy (non-hydrogen) atoms. The van der Waals surface area contributed by atoms with Gasteiger partial charge in [-0.15, -0.1) is 11.3 Å². The first kappa shape index (κ1) is 20.3. The molecule has 6 nitrogen and oxygen atoms in total. The Morgan fingerprint density at radius 3 is 2.17 bits per heavy atom. The summed E-state index contributed by atoms with van der Waals surface area (Å²) < 4.78 is 0. The molecule has 3 rings (SSSR count). The van der Waals surface area contributed by atoms with Gasteiger partial charge in [-0.1, -0.05) is 29.3 Å². The maximum atomic E-state index is 12.3. The molecule has 0 saturated carbocycles. The molecule has 148 valence electrons. The highest BCUT2D eigenvalue weighted by Crippen LogP contribution is 2.17. The topological polar surface area (TPSA) is 87.3 Å². The third kappa shape index (κ3) is 5.76. The SMILES string of the molecule is Cc1cc(C)cc(C(=O)NCC(=O)Nc2cccc(NC(=O)c3cccs3)c2)c1. The van der Waals surface area contributed by atoms with Gasteiger partial charge in [-0.25, -0.2) is 0 Å². The summed E-state index contributed by atoms with van der Waals surface area (Å²) in [6.07, 6.45) is 0. The van der Waals surface area contributed by atoms with Crippen LogP contribution in [0.25, 0.3) is 0 Å². The largest absolute Gasteiger partial charge is 0.343 e. The van der Waals surface area contributed by atoms with Crippen LogP contribution in [0.2, 0.25) is 0 Å². The normalized spacial score (nSPS) is 10.3. The number of amides is 3. The summed E-state index contributed by atoms with van der Waals surface area (Å²) in [7, 11) is 0. The average molecular weight is 407 g/mol. The molecule has 2 aromatic carbocycles. The Morgan fingerprint density at radius 1 is 0.828 bits per heavy atom. The number of nitrogens with one attached hydrogen (secondary N) is 3. The molecule has 0 unspecified atom stereocenters. The molecule has 0 saturated heterocycles. The van der Waals surface area contributed by atoms with Gasteiger partial charge in [0.1, 0.15) is 0 Å². The zero-order valence-corrected chi connectivity index (χ0v) is 16.9. The second-order valence-electron chi connectivity index (χ2n) is 6.62. The third-order valence-corrected chi connectivity index (χ3v) is 4.91. The molecule has 7 heteroatoms. The molecule has 3 aromatic rings. The van der Waals surface area contributed by atoms with Crippen molar-refractivity contribution in [1.29, 1.82) is 0 Å². The monoisotopic (exact) mass is 407 g/mol. The van der Waals surface area contributed by atoms with Crippen LogP contribution < -0.4 is 16.0 Å². The number of hydrogen-bond donors (Lipinski definition) is 3. The Labute approximate surface area is 173 Å². The molecule has 3 amide bonds. The van der Waals surface area contributed by atoms with E-state index in [1.165, 1.54) is 11.3 Å². The van der Waals surface area contributed by atoms with Crippen LogP contribution in [0, 0.1) is 13.8 Å². The average Bonchev–Trinajstić information content (AvgIpc) is 3.20. The van der Waals surface area contributed by atoms with Gasteiger partial charge in [0, 0.05) is 16.9 Å². The van der Waals surface area contributed by atoms with Crippen LogP contribution in [0.1, 0.15) is 31.2 Å². The van der Waals surface area contributed by atoms with Crippen molar-refractivity contribution in [1.82, 2.24) is 5.32 Å². The van der Waals surface area contributed by atoms with Gasteiger partial charge in [0.15, 0.2) is 0 Å². The van der Waals surface area contributed by atoms with Gasteiger partial charge < -0.3 is 16.0 Å². The minimum atomic E-state index is -0.357. The number of benzene rings is 2. The zero-order chi connectivity index (χ0) is 20.8. The summed E-state index contributed by atoms with van der Waals surface area (Å²) in [4.78, 5) is 37.2. The molecular weight excluding hydrogens is 386 g/mol. The number of carbonyl (C=O) groups excluding carboxylic acids is 3. The van der Waals surface area contributed by atoms with Crippen LogP contribution in [-0.4, -0.2) is 24.3 Å². The van der Waals surface area contributed by atoms with Crippen molar-refractivity contribution < 1.29 is 14.4 Å². The molecule has 0 fully saturated rings. The molecule has 0 aliphatic rings. The molecule has 0 bridgehead atoms. The quantitative estimate of drug-likeness (QED) is 0.577. The Kier molecular flexibility index (Phi) is 6.41. The molecular formula is C22H21N3O3S. The van der Waals surface area contributed by atoms with E-state index in [0.717, 1.165) is 11.1 Å². The predicted molar refractivity (Wildman–Crippen MR) is 116 cm³/mol. The highest BCUT2D eigenvalue weighted by Gasteiger charge is 2.11. The van der Waals surface area contributed by atoms with Gasteiger partial charge in [-0.2, -0.15) is 0 Å². The highest BCUT2D eigenvalue weighted by molar-refractivity contribution is 7.12. The van der Waals surface area contributed by atoms with Crippen molar-refractivity contribution in [2.75, 3.05) is 17.2 Å². The zero-order valence-electron chi connectivity index (χ0n) is 16.1. The summed E-state index contributed by atoms with van der Waals surface area (Å²) >= 11 is 1.35. The van der Waals surface area contributed by atoms with Gasteiger partial charge in [0.25, 0.3) is 11.8 Å². The van der Waals surface area contributed by atoms with Crippen molar-refractivity contribution in [2.45, 2.75) is 13.8 Å². The van der Waals surface area contributed by atoms with Crippen molar-refractivity contribution in [3.05, 3.63) is 81.5 Å². The maximum absolute atomic E-state index is 12.3. The van der Waals surface area contributed by atoms with Gasteiger partial charge in [0.2, 0.25) is 5.91 Å². The van der Waals surface area contributed by atoms with E-state index in [1.807, 2.05) is 31.4 Å². The standard InChI is InChI=1S/C22H21N3O3S/c1-14-9-15(2)11-16(10-14)21(27)23-13-20(26)24-17-5-3-6-18(12-17)25-22(28)19-7-4-8-29-19/h3-12H,13H2,1-2H3,(H,23,27)(H,24,26)(H,25,28). The maximum Gasteiger partial charge on any atom is 0.265 e. The summed E-state index contributed by atoms with van der Waals surface area (Å²) in [6, 6.07) is 15.9. The second kappa shape index (κ2) is 9.16. The van der Waals surface area contributed by atoms with Crippen molar-refractivity contribution >= 4 is 40.4 Å². The molecule has 3 N–H and O–H groups in total. The minimum absolute atomic E-state index is 0.155. The van der Waals surface area contributed by atoms with Crippen molar-refractivity contribution in [3.63, 3.8) is 0 Å². The van der Waals surface area contributed by atoms with Gasteiger partial charge >= 0.3 is 0 Å². The first-order chi connectivity index (χ1) is 13.9. The number of aryl methyl sites for hydroxylation is 2. The van der Waals surface area contributed by atoms with Crippen molar-refractivity contribution in [3.8, 4) is 0 Å². The van der Waals surface area contributed by atoms with E-state index < -0.39 is 0 Å². The summed E-state index contributed by atoms with van der Waals surface area (Å²) in [5.74, 6) is -0.863. The van der Waals surface area contributed by atoms with Gasteiger partial charge in [-0.05, 0) is 55.6 Å². The summed E-state index contributed by atoms with van der Waals surface area (Å²) in [5.41, 5.74) is 3.59. The van der Waals surface area contributed by atoms with Crippen LogP contribution in [-0.2, 0) is 4.79 Å². The van der Waals surface area contributed by atoms with Crippen molar-refractivity contribution in [2.24, 2.45) is 0 Å². The third-order valence-electron chi connectivity index (χ3n) is 4.04. The van der Waals surface area contributed by atoms with Gasteiger partial charge in [0.05, 0.1) is 11.4 Å². The van der Waals surface area contributed by atoms with Crippen LogP contribution >= 0.6 is 11.3 Å². The Balaban J connectivity index is 1.55. The fourth-order valence-corrected chi connectivity index (χ4v) is 3.47. The highest BCUT2D eigenvalue weighted by atomic mass is 32.1. The minimum Gasteiger partial charge on any atom is -0.343 e. The first-order valence-corrected chi connectivity index (χ1v) is 9.90. The van der Waals surface area contributed by atoms with Crippen LogP contribution in [0.3, 0.4) is 0 Å². The molecule has 0 atom stereocenters. The van der Waals surface area contributed by atoms with E-state index >= 15 is 0 Å².